The molecular formula is C25H27N3O6. The number of aromatic nitrogens is 1. The smallest absolute Gasteiger partial charge is 0.254 e. The van der Waals surface area contributed by atoms with Crippen LogP contribution in [0.3, 0.4) is 0 Å². The van der Waals surface area contributed by atoms with Crippen LogP contribution in [0.5, 0.6) is 17.2 Å². The molecule has 1 aliphatic rings. The number of Topliss-reactive ketones (excluding diaryl/α,β-unsaturated/α-hetero) is 1. The number of hydrogen-bond donors (Lipinski definition) is 1. The number of benzene rings is 2. The molecule has 1 fully saturated rings. The summed E-state index contributed by atoms with van der Waals surface area (Å²) in [6, 6.07) is 11.7. The number of hydrogen-bond acceptors (Lipinski definition) is 7. The first kappa shape index (κ1) is 23.3. The van der Waals surface area contributed by atoms with Crippen molar-refractivity contribution in [2.24, 2.45) is 0 Å². The highest BCUT2D eigenvalue weighted by Crippen LogP contribution is 2.38. The number of fused-ring (bicyclic) bond motifs is 1. The van der Waals surface area contributed by atoms with Gasteiger partial charge in [0.1, 0.15) is 0 Å². The maximum absolute atomic E-state index is 13.1. The minimum atomic E-state index is -0.175. The Bertz CT molecular complexity index is 1250. The molecule has 0 unspecified atom stereocenters. The van der Waals surface area contributed by atoms with Crippen LogP contribution in [0.25, 0.3) is 10.9 Å². The predicted octanol–water partition coefficient (Wildman–Crippen LogP) is 2.19. The van der Waals surface area contributed by atoms with E-state index in [1.165, 1.54) is 27.4 Å². The SMILES string of the molecule is COc1cc(C(=O)N2CCN(CC(=O)c3ccc4[nH]c(=O)ccc4c3)CC2)cc(OC)c1OC. The Morgan fingerprint density at radius 3 is 2.15 bits per heavy atom. The Labute approximate surface area is 196 Å². The van der Waals surface area contributed by atoms with Crippen LogP contribution in [0.1, 0.15) is 20.7 Å². The largest absolute Gasteiger partial charge is 0.493 e. The van der Waals surface area contributed by atoms with Gasteiger partial charge in [-0.15, -0.1) is 0 Å². The third-order valence-electron chi connectivity index (χ3n) is 5.98. The summed E-state index contributed by atoms with van der Waals surface area (Å²) in [5.74, 6) is 1.15. The standard InChI is InChI=1S/C25H27N3O6/c1-32-21-13-18(14-22(33-2)24(21)34-3)25(31)28-10-8-27(9-11-28)15-20(29)17-4-6-19-16(12-17)5-7-23(30)26-19/h4-7,12-14H,8-11,15H2,1-3H3,(H,26,30). The molecule has 1 N–H and O–H groups in total. The van der Waals surface area contributed by atoms with E-state index in [1.54, 1.807) is 41.3 Å². The highest BCUT2D eigenvalue weighted by molar-refractivity contribution is 6.00. The quantitative estimate of drug-likeness (QED) is 0.534. The molecule has 9 nitrogen and oxygen atoms in total. The molecule has 2 heterocycles. The number of ketones is 1. The number of piperazine rings is 1. The zero-order valence-electron chi connectivity index (χ0n) is 19.4. The molecule has 0 spiro atoms. The minimum Gasteiger partial charge on any atom is -0.493 e. The summed E-state index contributed by atoms with van der Waals surface area (Å²) >= 11 is 0. The molecule has 4 rings (SSSR count). The number of amides is 1. The number of carbonyl (C=O) groups excluding carboxylic acids is 2. The van der Waals surface area contributed by atoms with Gasteiger partial charge in [0.05, 0.1) is 27.9 Å². The van der Waals surface area contributed by atoms with Crippen molar-refractivity contribution in [1.82, 2.24) is 14.8 Å². The molecule has 2 aromatic carbocycles. The lowest BCUT2D eigenvalue weighted by atomic mass is 10.1. The van der Waals surface area contributed by atoms with E-state index in [9.17, 15) is 14.4 Å². The van der Waals surface area contributed by atoms with E-state index in [0.717, 1.165) is 5.39 Å². The van der Waals surface area contributed by atoms with E-state index in [4.69, 9.17) is 14.2 Å². The number of pyridine rings is 1. The van der Waals surface area contributed by atoms with Gasteiger partial charge in [-0.2, -0.15) is 0 Å². The van der Waals surface area contributed by atoms with Crippen molar-refractivity contribution >= 4 is 22.6 Å². The van der Waals surface area contributed by atoms with Gasteiger partial charge in [-0.05, 0) is 41.8 Å². The van der Waals surface area contributed by atoms with Crippen LogP contribution in [-0.2, 0) is 0 Å². The third kappa shape index (κ3) is 4.74. The first-order chi connectivity index (χ1) is 16.4. The van der Waals surface area contributed by atoms with Crippen LogP contribution < -0.4 is 19.8 Å². The minimum absolute atomic E-state index is 0.00231. The van der Waals surface area contributed by atoms with Crippen molar-refractivity contribution in [3.63, 3.8) is 0 Å². The van der Waals surface area contributed by atoms with Gasteiger partial charge in [-0.25, -0.2) is 0 Å². The topological polar surface area (TPSA) is 101 Å². The fourth-order valence-corrected chi connectivity index (χ4v) is 4.12. The summed E-state index contributed by atoms with van der Waals surface area (Å²) in [7, 11) is 4.54. The van der Waals surface area contributed by atoms with Crippen molar-refractivity contribution in [2.75, 3.05) is 54.1 Å². The molecule has 178 valence electrons. The summed E-state index contributed by atoms with van der Waals surface area (Å²) in [5, 5.41) is 0.811. The van der Waals surface area contributed by atoms with Gasteiger partial charge in [-0.1, -0.05) is 0 Å². The van der Waals surface area contributed by atoms with E-state index >= 15 is 0 Å². The molecule has 1 aromatic heterocycles. The second-order valence-electron chi connectivity index (χ2n) is 8.03. The number of carbonyl (C=O) groups is 2. The number of nitrogens with zero attached hydrogens (tertiary/aromatic N) is 2. The highest BCUT2D eigenvalue weighted by atomic mass is 16.5. The second-order valence-corrected chi connectivity index (χ2v) is 8.03. The van der Waals surface area contributed by atoms with Gasteiger partial charge in [0, 0.05) is 48.9 Å². The Balaban J connectivity index is 1.39. The van der Waals surface area contributed by atoms with E-state index in [-0.39, 0.29) is 23.8 Å². The molecule has 0 aliphatic carbocycles. The monoisotopic (exact) mass is 465 g/mol. The van der Waals surface area contributed by atoms with Crippen LogP contribution in [0, 0.1) is 0 Å². The maximum Gasteiger partial charge on any atom is 0.254 e. The van der Waals surface area contributed by atoms with Crippen molar-refractivity contribution in [3.05, 3.63) is 63.9 Å². The number of ether oxygens (including phenoxy) is 3. The van der Waals surface area contributed by atoms with Crippen LogP contribution in [0.4, 0.5) is 0 Å². The summed E-state index contributed by atoms with van der Waals surface area (Å²) in [5.41, 5.74) is 1.57. The van der Waals surface area contributed by atoms with Gasteiger partial charge < -0.3 is 24.1 Å². The normalized spacial score (nSPS) is 14.1. The molecule has 1 saturated heterocycles. The fraction of sp³-hybridized carbons (Fsp3) is 0.320. The Morgan fingerprint density at radius 1 is 0.853 bits per heavy atom. The van der Waals surface area contributed by atoms with Gasteiger partial charge >= 0.3 is 0 Å². The van der Waals surface area contributed by atoms with Gasteiger partial charge in [-0.3, -0.25) is 19.3 Å². The Hall–Kier alpha value is -3.85. The summed E-state index contributed by atoms with van der Waals surface area (Å²) in [6.45, 7) is 2.44. The molecule has 0 saturated carbocycles. The highest BCUT2D eigenvalue weighted by Gasteiger charge is 2.26. The van der Waals surface area contributed by atoms with Crippen molar-refractivity contribution in [2.45, 2.75) is 0 Å². The molecule has 3 aromatic rings. The van der Waals surface area contributed by atoms with Crippen LogP contribution in [-0.4, -0.2) is 80.5 Å². The molecule has 1 aliphatic heterocycles. The number of nitrogens with one attached hydrogen (secondary N) is 1. The molecule has 0 radical (unpaired) electrons. The van der Waals surface area contributed by atoms with E-state index in [2.05, 4.69) is 4.98 Å². The van der Waals surface area contributed by atoms with E-state index in [0.29, 0.717) is 60.1 Å². The van der Waals surface area contributed by atoms with Crippen LogP contribution in [0.2, 0.25) is 0 Å². The number of methoxy groups -OCH3 is 3. The van der Waals surface area contributed by atoms with Crippen LogP contribution >= 0.6 is 0 Å². The first-order valence-corrected chi connectivity index (χ1v) is 10.9. The van der Waals surface area contributed by atoms with Crippen molar-refractivity contribution in [1.29, 1.82) is 0 Å². The lowest BCUT2D eigenvalue weighted by Crippen LogP contribution is -2.49. The number of rotatable bonds is 7. The first-order valence-electron chi connectivity index (χ1n) is 10.9. The van der Waals surface area contributed by atoms with Gasteiger partial charge in [0.2, 0.25) is 11.3 Å². The van der Waals surface area contributed by atoms with Gasteiger partial charge in [0.15, 0.2) is 17.3 Å². The number of H-pyrrole nitrogens is 1. The van der Waals surface area contributed by atoms with Gasteiger partial charge in [0.25, 0.3) is 5.91 Å². The average molecular weight is 466 g/mol. The summed E-state index contributed by atoms with van der Waals surface area (Å²) < 4.78 is 16.0. The zero-order chi connectivity index (χ0) is 24.2. The van der Waals surface area contributed by atoms with Crippen molar-refractivity contribution in [3.8, 4) is 17.2 Å². The summed E-state index contributed by atoms with van der Waals surface area (Å²) in [6.07, 6.45) is 0. The maximum atomic E-state index is 13.1. The number of aromatic amines is 1. The molecule has 0 atom stereocenters. The fourth-order valence-electron chi connectivity index (χ4n) is 4.12. The molecule has 1 amide bonds. The molecule has 9 heteroatoms. The van der Waals surface area contributed by atoms with E-state index in [1.807, 2.05) is 4.90 Å². The van der Waals surface area contributed by atoms with Crippen molar-refractivity contribution < 1.29 is 23.8 Å². The Kier molecular flexibility index (Phi) is 6.83. The third-order valence-corrected chi connectivity index (χ3v) is 5.98. The molecule has 0 bridgehead atoms. The predicted molar refractivity (Wildman–Crippen MR) is 127 cm³/mol. The lowest BCUT2D eigenvalue weighted by Gasteiger charge is -2.34. The molecule has 34 heavy (non-hydrogen) atoms. The average Bonchev–Trinajstić information content (AvgIpc) is 2.87. The second kappa shape index (κ2) is 9.96. The van der Waals surface area contributed by atoms with E-state index < -0.39 is 0 Å². The zero-order valence-corrected chi connectivity index (χ0v) is 19.4. The Morgan fingerprint density at radius 2 is 1.53 bits per heavy atom. The summed E-state index contributed by atoms with van der Waals surface area (Å²) in [4.78, 5) is 43.9. The van der Waals surface area contributed by atoms with Crippen LogP contribution in [0.15, 0.2) is 47.3 Å². The lowest BCUT2D eigenvalue weighted by molar-refractivity contribution is 0.0623. The molecular weight excluding hydrogens is 438 g/mol.